The van der Waals surface area contributed by atoms with Crippen LogP contribution >= 0.6 is 0 Å². The fourth-order valence-corrected chi connectivity index (χ4v) is 8.70. The minimum atomic E-state index is -1.88. The highest BCUT2D eigenvalue weighted by Gasteiger charge is 2.53. The number of carbonyl (C=O) groups is 3. The lowest BCUT2D eigenvalue weighted by Crippen LogP contribution is -2.60. The monoisotopic (exact) mass is 825 g/mol. The molecule has 3 aliphatic heterocycles. The molecule has 0 aliphatic carbocycles. The van der Waals surface area contributed by atoms with Gasteiger partial charge in [-0.3, -0.25) is 19.4 Å². The molecule has 0 amide bonds. The third-order valence-electron chi connectivity index (χ3n) is 12.2. The second-order valence-corrected chi connectivity index (χ2v) is 17.1. The van der Waals surface area contributed by atoms with E-state index in [2.05, 4.69) is 15.1 Å². The molecule has 16 nitrogen and oxygen atoms in total. The third kappa shape index (κ3) is 10.4. The number of Topliss-reactive ketones (excluding diaryl/α,β-unsaturated/α-hetero) is 2. The minimum absolute atomic E-state index is 0.0226. The van der Waals surface area contributed by atoms with E-state index in [1.165, 1.54) is 13.8 Å². The van der Waals surface area contributed by atoms with Gasteiger partial charge in [-0.25, -0.2) is 4.98 Å². The number of aliphatic hydroxyl groups is 2. The second kappa shape index (κ2) is 19.2. The Morgan fingerprint density at radius 2 is 1.75 bits per heavy atom. The Bertz CT molecular complexity index is 1810. The summed E-state index contributed by atoms with van der Waals surface area (Å²) in [5.74, 6) is -5.16. The molecule has 4 N–H and O–H groups in total. The fourth-order valence-electron chi connectivity index (χ4n) is 8.70. The molecule has 326 valence electrons. The number of anilines is 1. The van der Waals surface area contributed by atoms with Gasteiger partial charge in [-0.1, -0.05) is 38.9 Å². The summed E-state index contributed by atoms with van der Waals surface area (Å²) < 4.78 is 32.0. The average molecular weight is 826 g/mol. The van der Waals surface area contributed by atoms with E-state index in [0.717, 1.165) is 0 Å². The number of rotatable bonds is 8. The van der Waals surface area contributed by atoms with E-state index in [4.69, 9.17) is 34.3 Å². The van der Waals surface area contributed by atoms with Crippen LogP contribution in [-0.4, -0.2) is 130 Å². The van der Waals surface area contributed by atoms with Crippen LogP contribution < -0.4 is 5.73 Å². The predicted molar refractivity (Wildman–Crippen MR) is 218 cm³/mol. The molecule has 13 atom stereocenters. The molecule has 2 bridgehead atoms. The van der Waals surface area contributed by atoms with Crippen molar-refractivity contribution < 1.29 is 53.1 Å². The highest BCUT2D eigenvalue weighted by Crippen LogP contribution is 2.40. The summed E-state index contributed by atoms with van der Waals surface area (Å²) in [6, 6.07) is 6.92. The van der Waals surface area contributed by atoms with Gasteiger partial charge in [-0.05, 0) is 79.3 Å². The maximum absolute atomic E-state index is 14.4. The number of carbonyl (C=O) groups excluding carboxylic acids is 3. The zero-order chi connectivity index (χ0) is 43.4. The Hall–Kier alpha value is -3.90. The third-order valence-corrected chi connectivity index (χ3v) is 12.2. The maximum atomic E-state index is 14.4. The predicted octanol–water partition coefficient (Wildman–Crippen LogP) is 3.74. The van der Waals surface area contributed by atoms with Gasteiger partial charge < -0.3 is 49.4 Å². The number of pyridine rings is 2. The molecule has 3 saturated heterocycles. The lowest BCUT2D eigenvalue weighted by Gasteiger charge is -2.47. The Kier molecular flexibility index (Phi) is 15.0. The van der Waals surface area contributed by atoms with Crippen molar-refractivity contribution in [1.82, 2.24) is 14.9 Å². The molecular formula is C43H63N5O11. The molecular weight excluding hydrogens is 762 g/mol. The van der Waals surface area contributed by atoms with Crippen LogP contribution in [0.4, 0.5) is 5.82 Å². The summed E-state index contributed by atoms with van der Waals surface area (Å²) in [4.78, 5) is 59.0. The molecule has 3 aliphatic rings. The number of hydrogen-bond acceptors (Lipinski definition) is 16. The van der Waals surface area contributed by atoms with Gasteiger partial charge in [0, 0.05) is 47.3 Å². The van der Waals surface area contributed by atoms with Crippen molar-refractivity contribution in [2.24, 2.45) is 28.8 Å². The Morgan fingerprint density at radius 1 is 1.02 bits per heavy atom. The number of oxime groups is 1. The topological polar surface area (TPSA) is 214 Å². The van der Waals surface area contributed by atoms with Crippen LogP contribution in [0.2, 0.25) is 0 Å². The molecule has 0 radical (unpaired) electrons. The van der Waals surface area contributed by atoms with Crippen LogP contribution in [0.15, 0.2) is 41.8 Å². The van der Waals surface area contributed by atoms with E-state index in [9.17, 15) is 24.6 Å². The first-order valence-electron chi connectivity index (χ1n) is 20.5. The van der Waals surface area contributed by atoms with Crippen LogP contribution in [0.1, 0.15) is 80.2 Å². The quantitative estimate of drug-likeness (QED) is 0.196. The van der Waals surface area contributed by atoms with E-state index in [1.54, 1.807) is 59.1 Å². The van der Waals surface area contributed by atoms with E-state index >= 15 is 0 Å². The van der Waals surface area contributed by atoms with Gasteiger partial charge in [-0.15, -0.1) is 0 Å². The number of nitrogens with zero attached hydrogens (tertiary/aromatic N) is 4. The number of esters is 1. The van der Waals surface area contributed by atoms with Gasteiger partial charge in [0.2, 0.25) is 0 Å². The molecule has 3 fully saturated rings. The summed E-state index contributed by atoms with van der Waals surface area (Å²) >= 11 is 0. The normalized spacial score (nSPS) is 37.3. The lowest BCUT2D eigenvalue weighted by atomic mass is 9.74. The molecule has 2 aromatic heterocycles. The van der Waals surface area contributed by atoms with Crippen molar-refractivity contribution >= 4 is 29.1 Å². The average Bonchev–Trinajstić information content (AvgIpc) is 3.21. The van der Waals surface area contributed by atoms with Crippen molar-refractivity contribution in [2.75, 3.05) is 33.0 Å². The molecule has 59 heavy (non-hydrogen) atoms. The number of nitrogens with two attached hydrogens (primary N) is 1. The standard InChI is InChI=1S/C43H63N5O11/c1-11-33-43(8,53)38-25(4)34(49)23(2)18-42(7,37(26(5)35(50)27(6)40(52)58-33)59-41-36(51)32(48(9)10)17-24(3)57-41)55-22-29(21-54-38)47-56-20-28-14-15-31(46-19-28)30-13-12-16-45-39(30)44/h12-16,19,23-27,32-33,36-38,41,51,53H,11,17-18,20-22H2,1-10H3,(H2,44,45)/b47-29+/t23-,24-,25+,26+,27-,32+,33-,36-,37-,38+,41+,42-,43-/m1/s1. The zero-order valence-corrected chi connectivity index (χ0v) is 36.0. The van der Waals surface area contributed by atoms with Crippen molar-refractivity contribution in [3.8, 4) is 11.3 Å². The van der Waals surface area contributed by atoms with Gasteiger partial charge in [0.25, 0.3) is 0 Å². The van der Waals surface area contributed by atoms with Crippen LogP contribution in [0, 0.1) is 23.7 Å². The number of ether oxygens (including phenoxy) is 5. The first-order chi connectivity index (χ1) is 27.8. The van der Waals surface area contributed by atoms with E-state index < -0.39 is 77.3 Å². The summed E-state index contributed by atoms with van der Waals surface area (Å²) in [7, 11) is 3.72. The first kappa shape index (κ1) is 46.2. The largest absolute Gasteiger partial charge is 0.459 e. The van der Waals surface area contributed by atoms with Gasteiger partial charge in [0.15, 0.2) is 12.1 Å². The number of cyclic esters (lactones) is 1. The molecule has 0 spiro atoms. The molecule has 0 aromatic carbocycles. The SMILES string of the molecule is CC[C@H]1OC(=O)[C@H](C)C(=O)[C@H](C)[C@@H](O[C@@H]2O[C@H](C)C[C@H](N(C)C)[C@H]2O)[C@@]2(C)C[C@@H](C)C(=O)[C@H](C)[C@H](OC/C(=N\OCc3ccc(-c4cccnc4N)nc3)CO2)[C@]1(C)O. The molecule has 5 heterocycles. The van der Waals surface area contributed by atoms with Crippen molar-refractivity contribution in [1.29, 1.82) is 0 Å². The van der Waals surface area contributed by atoms with E-state index in [1.807, 2.05) is 38.1 Å². The highest BCUT2D eigenvalue weighted by atomic mass is 16.7. The van der Waals surface area contributed by atoms with Crippen molar-refractivity contribution in [3.05, 3.63) is 42.2 Å². The zero-order valence-electron chi connectivity index (χ0n) is 36.0. The maximum Gasteiger partial charge on any atom is 0.316 e. The number of aliphatic hydroxyl groups excluding tert-OH is 1. The first-order valence-corrected chi connectivity index (χ1v) is 20.5. The second-order valence-electron chi connectivity index (χ2n) is 17.1. The number of aromatic nitrogens is 2. The van der Waals surface area contributed by atoms with E-state index in [-0.39, 0.29) is 56.3 Å². The number of likely N-dealkylation sites (N-methyl/N-ethyl adjacent to an activating group) is 1. The number of ketones is 2. The van der Waals surface area contributed by atoms with Crippen molar-refractivity contribution in [3.63, 3.8) is 0 Å². The lowest BCUT2D eigenvalue weighted by molar-refractivity contribution is -0.296. The van der Waals surface area contributed by atoms with Gasteiger partial charge in [-0.2, -0.15) is 0 Å². The summed E-state index contributed by atoms with van der Waals surface area (Å²) in [5.41, 5.74) is 5.03. The highest BCUT2D eigenvalue weighted by molar-refractivity contribution is 6.00. The van der Waals surface area contributed by atoms with Crippen LogP contribution in [0.25, 0.3) is 11.3 Å². The van der Waals surface area contributed by atoms with E-state index in [0.29, 0.717) is 29.1 Å². The summed E-state index contributed by atoms with van der Waals surface area (Å²) in [5, 5.41) is 28.2. The van der Waals surface area contributed by atoms with Crippen LogP contribution in [0.5, 0.6) is 0 Å². The smallest absolute Gasteiger partial charge is 0.316 e. The van der Waals surface area contributed by atoms with Gasteiger partial charge in [0.1, 0.15) is 47.6 Å². The number of nitrogen functional groups attached to an aromatic ring is 1. The number of hydrogen-bond donors (Lipinski definition) is 3. The molecule has 5 rings (SSSR count). The van der Waals surface area contributed by atoms with Gasteiger partial charge in [0.05, 0.1) is 42.8 Å². The molecule has 2 aromatic rings. The molecule has 0 unspecified atom stereocenters. The number of fused-ring (bicyclic) bond motifs is 5. The Morgan fingerprint density at radius 3 is 2.39 bits per heavy atom. The van der Waals surface area contributed by atoms with Gasteiger partial charge >= 0.3 is 5.97 Å². The Labute approximate surface area is 347 Å². The summed E-state index contributed by atoms with van der Waals surface area (Å²) in [6.45, 7) is 12.9. The van der Waals surface area contributed by atoms with Crippen LogP contribution in [0.3, 0.4) is 0 Å². The molecule has 0 saturated carbocycles. The van der Waals surface area contributed by atoms with Crippen LogP contribution in [-0.2, 0) is 49.5 Å². The molecule has 16 heteroatoms. The Balaban J connectivity index is 1.57. The summed E-state index contributed by atoms with van der Waals surface area (Å²) in [6.07, 6.45) is -2.10. The van der Waals surface area contributed by atoms with Crippen molar-refractivity contribution in [2.45, 2.75) is 135 Å². The minimum Gasteiger partial charge on any atom is -0.459 e. The fraction of sp³-hybridized carbons (Fsp3) is 0.674.